The molecule has 1 heterocycles. The van der Waals surface area contributed by atoms with Crippen molar-refractivity contribution in [2.75, 3.05) is 6.61 Å². The molecule has 3 heteroatoms. The summed E-state index contributed by atoms with van der Waals surface area (Å²) in [5, 5.41) is 0. The highest BCUT2D eigenvalue weighted by Crippen LogP contribution is 2.42. The first-order valence-corrected chi connectivity index (χ1v) is 7.39. The molecule has 0 amide bonds. The number of esters is 1. The fourth-order valence-corrected chi connectivity index (χ4v) is 3.55. The molecule has 1 fully saturated rings. The number of benzene rings is 1. The van der Waals surface area contributed by atoms with Crippen molar-refractivity contribution in [3.63, 3.8) is 0 Å². The first kappa shape index (κ1) is 13.4. The molecule has 20 heavy (non-hydrogen) atoms. The van der Waals surface area contributed by atoms with Gasteiger partial charge in [0.25, 0.3) is 0 Å². The number of hydrogen-bond acceptors (Lipinski definition) is 3. The predicted octanol–water partition coefficient (Wildman–Crippen LogP) is 2.94. The zero-order valence-electron chi connectivity index (χ0n) is 12.0. The van der Waals surface area contributed by atoms with Crippen molar-refractivity contribution in [3.05, 3.63) is 48.0 Å². The summed E-state index contributed by atoms with van der Waals surface area (Å²) in [5.74, 6) is 0.234. The van der Waals surface area contributed by atoms with Crippen molar-refractivity contribution >= 4 is 5.97 Å². The summed E-state index contributed by atoms with van der Waals surface area (Å²) in [5.41, 5.74) is 1.25. The highest BCUT2D eigenvalue weighted by atomic mass is 16.5. The van der Waals surface area contributed by atoms with E-state index >= 15 is 0 Å². The number of hydrogen-bond donors (Lipinski definition) is 0. The van der Waals surface area contributed by atoms with Crippen LogP contribution in [0, 0.1) is 5.92 Å². The molecule has 3 rings (SSSR count). The number of carbonyl (C=O) groups is 1. The second kappa shape index (κ2) is 5.41. The van der Waals surface area contributed by atoms with E-state index in [0.29, 0.717) is 18.6 Å². The van der Waals surface area contributed by atoms with E-state index in [1.165, 1.54) is 5.56 Å². The zero-order chi connectivity index (χ0) is 14.1. The lowest BCUT2D eigenvalue weighted by Crippen LogP contribution is -2.46. The molecule has 3 nitrogen and oxygen atoms in total. The predicted molar refractivity (Wildman–Crippen MR) is 78.2 cm³/mol. The average molecular weight is 271 g/mol. The number of carbonyl (C=O) groups excluding carboxylic acids is 1. The van der Waals surface area contributed by atoms with Crippen LogP contribution in [0.4, 0.5) is 0 Å². The molecule has 0 N–H and O–H groups in total. The quantitative estimate of drug-likeness (QED) is 0.623. The molecule has 0 aromatic heterocycles. The van der Waals surface area contributed by atoms with Crippen LogP contribution in [0.25, 0.3) is 0 Å². The Morgan fingerprint density at radius 1 is 1.35 bits per heavy atom. The fourth-order valence-electron chi connectivity index (χ4n) is 3.55. The van der Waals surface area contributed by atoms with Crippen molar-refractivity contribution in [2.45, 2.75) is 38.4 Å². The van der Waals surface area contributed by atoms with E-state index in [2.05, 4.69) is 48.2 Å². The molecule has 0 saturated carbocycles. The van der Waals surface area contributed by atoms with Crippen molar-refractivity contribution < 1.29 is 9.53 Å². The maximum atomic E-state index is 12.3. The van der Waals surface area contributed by atoms with Crippen LogP contribution in [0.3, 0.4) is 0 Å². The first-order valence-electron chi connectivity index (χ1n) is 7.39. The van der Waals surface area contributed by atoms with Crippen molar-refractivity contribution in [1.29, 1.82) is 0 Å². The monoisotopic (exact) mass is 271 g/mol. The summed E-state index contributed by atoms with van der Waals surface area (Å²) in [6.45, 7) is 4.49. The molecular weight excluding hydrogens is 250 g/mol. The molecule has 1 saturated heterocycles. The van der Waals surface area contributed by atoms with Crippen LogP contribution in [0.1, 0.15) is 31.9 Å². The Labute approximate surface area is 120 Å². The molecule has 1 aliphatic carbocycles. The number of fused-ring (bicyclic) bond motifs is 2. The Balaban J connectivity index is 1.87. The number of rotatable bonds is 4. The van der Waals surface area contributed by atoms with E-state index < -0.39 is 0 Å². The smallest absolute Gasteiger partial charge is 0.323 e. The first-order chi connectivity index (χ1) is 9.72. The van der Waals surface area contributed by atoms with Crippen LogP contribution in [-0.4, -0.2) is 29.6 Å². The van der Waals surface area contributed by atoms with Gasteiger partial charge in [0.1, 0.15) is 6.04 Å². The molecule has 4 atom stereocenters. The molecule has 1 aliphatic heterocycles. The topological polar surface area (TPSA) is 29.5 Å². The average Bonchev–Trinajstić information content (AvgIpc) is 3.08. The number of ether oxygens (including phenoxy) is 1. The van der Waals surface area contributed by atoms with E-state index in [0.717, 1.165) is 6.42 Å². The summed E-state index contributed by atoms with van der Waals surface area (Å²) in [4.78, 5) is 14.6. The summed E-state index contributed by atoms with van der Waals surface area (Å²) in [6, 6.07) is 10.8. The third kappa shape index (κ3) is 2.16. The van der Waals surface area contributed by atoms with Crippen molar-refractivity contribution in [1.82, 2.24) is 4.90 Å². The summed E-state index contributed by atoms with van der Waals surface area (Å²) < 4.78 is 5.28. The Hall–Kier alpha value is -1.61. The molecule has 0 radical (unpaired) electrons. The van der Waals surface area contributed by atoms with Gasteiger partial charge in [-0.1, -0.05) is 42.5 Å². The molecule has 1 aromatic carbocycles. The lowest BCUT2D eigenvalue weighted by Gasteiger charge is -2.36. The maximum absolute atomic E-state index is 12.3. The Bertz CT molecular complexity index is 511. The number of likely N-dealkylation sites (tertiary alicyclic amines) is 1. The van der Waals surface area contributed by atoms with Gasteiger partial charge in [0.2, 0.25) is 0 Å². The van der Waals surface area contributed by atoms with Gasteiger partial charge in [0.15, 0.2) is 0 Å². The lowest BCUT2D eigenvalue weighted by atomic mass is 9.99. The molecule has 2 bridgehead atoms. The normalized spacial score (nSPS) is 29.6. The molecule has 106 valence electrons. The second-order valence-electron chi connectivity index (χ2n) is 5.58. The van der Waals surface area contributed by atoms with Gasteiger partial charge in [0, 0.05) is 18.0 Å². The minimum atomic E-state index is -0.125. The molecule has 0 spiro atoms. The van der Waals surface area contributed by atoms with Gasteiger partial charge in [0.05, 0.1) is 6.61 Å². The second-order valence-corrected chi connectivity index (χ2v) is 5.58. The van der Waals surface area contributed by atoms with Gasteiger partial charge in [-0.05, 0) is 25.8 Å². The highest BCUT2D eigenvalue weighted by Gasteiger charge is 2.49. The standard InChI is InChI=1S/C17H21NO2/c1-3-20-17(19)16-14-9-10-15(11-14)18(16)12(2)13-7-5-4-6-8-13/h4-10,12,14-16H,3,11H2,1-2H3/t12-,14-,15+,16+/m0/s1. The molecule has 1 aromatic rings. The minimum absolute atomic E-state index is 0.0767. The van der Waals surface area contributed by atoms with Gasteiger partial charge < -0.3 is 4.74 Å². The molecule has 0 unspecified atom stereocenters. The SMILES string of the molecule is CCOC(=O)[C@H]1[C@H]2C=C[C@H](C2)N1[C@@H](C)c1ccccc1. The van der Waals surface area contributed by atoms with E-state index in [1.807, 2.05) is 13.0 Å². The Morgan fingerprint density at radius 3 is 2.80 bits per heavy atom. The largest absolute Gasteiger partial charge is 0.465 e. The number of nitrogens with zero attached hydrogens (tertiary/aromatic N) is 1. The molecule has 2 aliphatic rings. The molecular formula is C17H21NO2. The van der Waals surface area contributed by atoms with E-state index in [1.54, 1.807) is 0 Å². The zero-order valence-corrected chi connectivity index (χ0v) is 12.0. The van der Waals surface area contributed by atoms with Gasteiger partial charge >= 0.3 is 5.97 Å². The van der Waals surface area contributed by atoms with Gasteiger partial charge in [-0.25, -0.2) is 0 Å². The summed E-state index contributed by atoms with van der Waals surface area (Å²) >= 11 is 0. The highest BCUT2D eigenvalue weighted by molar-refractivity contribution is 5.77. The Kier molecular flexibility index (Phi) is 3.62. The van der Waals surface area contributed by atoms with Gasteiger partial charge in [-0.2, -0.15) is 0 Å². The van der Waals surface area contributed by atoms with Crippen LogP contribution < -0.4 is 0 Å². The van der Waals surface area contributed by atoms with E-state index in [4.69, 9.17) is 4.74 Å². The van der Waals surface area contributed by atoms with Crippen LogP contribution >= 0.6 is 0 Å². The van der Waals surface area contributed by atoms with Crippen LogP contribution in [0.2, 0.25) is 0 Å². The summed E-state index contributed by atoms with van der Waals surface area (Å²) in [6.07, 6.45) is 5.46. The lowest BCUT2D eigenvalue weighted by molar-refractivity contribution is -0.150. The third-order valence-corrected chi connectivity index (χ3v) is 4.46. The van der Waals surface area contributed by atoms with Crippen LogP contribution in [0.15, 0.2) is 42.5 Å². The summed E-state index contributed by atoms with van der Waals surface area (Å²) in [7, 11) is 0. The fraction of sp³-hybridized carbons (Fsp3) is 0.471. The van der Waals surface area contributed by atoms with Gasteiger partial charge in [-0.15, -0.1) is 0 Å². The van der Waals surface area contributed by atoms with E-state index in [9.17, 15) is 4.79 Å². The van der Waals surface area contributed by atoms with Crippen molar-refractivity contribution in [3.8, 4) is 0 Å². The van der Waals surface area contributed by atoms with Crippen LogP contribution in [0.5, 0.6) is 0 Å². The minimum Gasteiger partial charge on any atom is -0.465 e. The van der Waals surface area contributed by atoms with Crippen LogP contribution in [-0.2, 0) is 9.53 Å². The van der Waals surface area contributed by atoms with E-state index in [-0.39, 0.29) is 18.1 Å². The maximum Gasteiger partial charge on any atom is 0.323 e. The Morgan fingerprint density at radius 2 is 2.10 bits per heavy atom. The third-order valence-electron chi connectivity index (χ3n) is 4.46. The van der Waals surface area contributed by atoms with Gasteiger partial charge in [-0.3, -0.25) is 9.69 Å². The van der Waals surface area contributed by atoms with Crippen molar-refractivity contribution in [2.24, 2.45) is 5.92 Å².